The number of hydrogen-bond acceptors (Lipinski definition) is 3. The molecule has 0 unspecified atom stereocenters. The number of aromatic nitrogens is 3. The summed E-state index contributed by atoms with van der Waals surface area (Å²) in [5.74, 6) is 0.136. The van der Waals surface area contributed by atoms with E-state index in [1.807, 2.05) is 6.92 Å². The van der Waals surface area contributed by atoms with Crippen LogP contribution in [-0.2, 0) is 6.54 Å². The number of aryl methyl sites for hydroxylation is 1. The van der Waals surface area contributed by atoms with E-state index in [4.69, 9.17) is 11.6 Å². The van der Waals surface area contributed by atoms with Crippen molar-refractivity contribution in [3.05, 3.63) is 39.7 Å². The second-order valence-electron chi connectivity index (χ2n) is 3.47. The molecule has 0 aliphatic heterocycles. The van der Waals surface area contributed by atoms with Crippen molar-refractivity contribution in [2.24, 2.45) is 0 Å². The first kappa shape index (κ1) is 13.0. The minimum Gasteiger partial charge on any atom is -0.305 e. The Bertz CT molecular complexity index is 567. The van der Waals surface area contributed by atoms with Crippen molar-refractivity contribution in [3.8, 4) is 0 Å². The monoisotopic (exact) mass is 328 g/mol. The molecule has 0 saturated carbocycles. The van der Waals surface area contributed by atoms with Crippen LogP contribution in [0.4, 0.5) is 5.82 Å². The fourth-order valence-corrected chi connectivity index (χ4v) is 1.91. The van der Waals surface area contributed by atoms with Crippen LogP contribution < -0.4 is 5.32 Å². The molecule has 7 heteroatoms. The molecule has 2 heterocycles. The quantitative estimate of drug-likeness (QED) is 0.942. The van der Waals surface area contributed by atoms with E-state index in [1.54, 1.807) is 18.3 Å². The van der Waals surface area contributed by atoms with Gasteiger partial charge in [-0.1, -0.05) is 11.6 Å². The van der Waals surface area contributed by atoms with Crippen LogP contribution in [0, 0.1) is 0 Å². The zero-order valence-corrected chi connectivity index (χ0v) is 11.9. The van der Waals surface area contributed by atoms with Crippen molar-refractivity contribution in [1.82, 2.24) is 14.8 Å². The van der Waals surface area contributed by atoms with Gasteiger partial charge in [0.05, 0.1) is 11.2 Å². The third-order valence-corrected chi connectivity index (χ3v) is 3.02. The molecule has 1 N–H and O–H groups in total. The smallest absolute Gasteiger partial charge is 0.276 e. The zero-order chi connectivity index (χ0) is 13.1. The van der Waals surface area contributed by atoms with Gasteiger partial charge < -0.3 is 5.32 Å². The second kappa shape index (κ2) is 5.49. The molecule has 2 aromatic rings. The van der Waals surface area contributed by atoms with Gasteiger partial charge in [0.15, 0.2) is 0 Å². The Labute approximate surface area is 117 Å². The standard InChI is InChI=1S/C11H10BrClN4O/c1-2-17-10(8(13)6-15-17)11(18)16-9-4-3-7(12)5-14-9/h3-6H,2H2,1H3,(H,14,16,18). The van der Waals surface area contributed by atoms with Crippen molar-refractivity contribution >= 4 is 39.3 Å². The van der Waals surface area contributed by atoms with E-state index in [9.17, 15) is 4.79 Å². The van der Waals surface area contributed by atoms with Crippen molar-refractivity contribution in [2.75, 3.05) is 5.32 Å². The molecule has 0 spiro atoms. The molecule has 0 saturated heterocycles. The van der Waals surface area contributed by atoms with Crippen LogP contribution in [0.15, 0.2) is 29.0 Å². The highest BCUT2D eigenvalue weighted by molar-refractivity contribution is 9.10. The molecule has 0 fully saturated rings. The molecular weight excluding hydrogens is 320 g/mol. The highest BCUT2D eigenvalue weighted by Gasteiger charge is 2.17. The number of pyridine rings is 1. The van der Waals surface area contributed by atoms with E-state index in [2.05, 4.69) is 31.3 Å². The number of nitrogens with zero attached hydrogens (tertiary/aromatic N) is 3. The Morgan fingerprint density at radius 2 is 2.28 bits per heavy atom. The van der Waals surface area contributed by atoms with Crippen molar-refractivity contribution < 1.29 is 4.79 Å². The number of nitrogens with one attached hydrogen (secondary N) is 1. The molecule has 5 nitrogen and oxygen atoms in total. The molecule has 0 bridgehead atoms. The molecule has 0 aromatic carbocycles. The van der Waals surface area contributed by atoms with Gasteiger partial charge in [-0.05, 0) is 35.0 Å². The Kier molecular flexibility index (Phi) is 3.98. The molecule has 2 rings (SSSR count). The SMILES string of the molecule is CCn1ncc(Cl)c1C(=O)Nc1ccc(Br)cn1. The summed E-state index contributed by atoms with van der Waals surface area (Å²) in [4.78, 5) is 16.1. The van der Waals surface area contributed by atoms with Gasteiger partial charge >= 0.3 is 0 Å². The van der Waals surface area contributed by atoms with Gasteiger partial charge in [0.1, 0.15) is 11.5 Å². The Morgan fingerprint density at radius 3 is 2.89 bits per heavy atom. The summed E-state index contributed by atoms with van der Waals surface area (Å²) < 4.78 is 2.38. The first-order valence-corrected chi connectivity index (χ1v) is 6.43. The van der Waals surface area contributed by atoms with Crippen LogP contribution in [0.5, 0.6) is 0 Å². The van der Waals surface area contributed by atoms with E-state index in [-0.39, 0.29) is 5.91 Å². The highest BCUT2D eigenvalue weighted by atomic mass is 79.9. The summed E-state index contributed by atoms with van der Waals surface area (Å²) in [6, 6.07) is 3.49. The van der Waals surface area contributed by atoms with Crippen LogP contribution in [0.25, 0.3) is 0 Å². The summed E-state index contributed by atoms with van der Waals surface area (Å²) in [5, 5.41) is 7.00. The van der Waals surface area contributed by atoms with E-state index in [0.29, 0.717) is 23.1 Å². The van der Waals surface area contributed by atoms with Crippen LogP contribution >= 0.6 is 27.5 Å². The maximum absolute atomic E-state index is 12.1. The maximum Gasteiger partial charge on any atom is 0.276 e. The fraction of sp³-hybridized carbons (Fsp3) is 0.182. The minimum absolute atomic E-state index is 0.325. The summed E-state index contributed by atoms with van der Waals surface area (Å²) in [6.45, 7) is 2.46. The third-order valence-electron chi connectivity index (χ3n) is 2.28. The lowest BCUT2D eigenvalue weighted by Crippen LogP contribution is -2.18. The van der Waals surface area contributed by atoms with Crippen molar-refractivity contribution in [3.63, 3.8) is 0 Å². The Morgan fingerprint density at radius 1 is 1.50 bits per heavy atom. The van der Waals surface area contributed by atoms with Crippen LogP contribution in [-0.4, -0.2) is 20.7 Å². The number of anilines is 1. The third kappa shape index (κ3) is 2.70. The molecule has 0 atom stereocenters. The van der Waals surface area contributed by atoms with Gasteiger partial charge in [0.25, 0.3) is 5.91 Å². The lowest BCUT2D eigenvalue weighted by Gasteiger charge is -2.06. The molecule has 0 radical (unpaired) electrons. The molecule has 2 aromatic heterocycles. The molecular formula is C11H10BrClN4O. The summed E-state index contributed by atoms with van der Waals surface area (Å²) in [5.41, 5.74) is 0.337. The molecule has 18 heavy (non-hydrogen) atoms. The summed E-state index contributed by atoms with van der Waals surface area (Å²) in [6.07, 6.45) is 3.06. The van der Waals surface area contributed by atoms with Crippen LogP contribution in [0.1, 0.15) is 17.4 Å². The summed E-state index contributed by atoms with van der Waals surface area (Å²) >= 11 is 9.21. The van der Waals surface area contributed by atoms with Gasteiger partial charge in [0.2, 0.25) is 0 Å². The topological polar surface area (TPSA) is 59.8 Å². The Balaban J connectivity index is 2.21. The van der Waals surface area contributed by atoms with Gasteiger partial charge in [-0.3, -0.25) is 9.48 Å². The largest absolute Gasteiger partial charge is 0.305 e. The summed E-state index contributed by atoms with van der Waals surface area (Å²) in [7, 11) is 0. The number of hydrogen-bond donors (Lipinski definition) is 1. The number of carbonyl (C=O) groups excluding carboxylic acids is 1. The average molecular weight is 330 g/mol. The lowest BCUT2D eigenvalue weighted by atomic mass is 10.3. The maximum atomic E-state index is 12.1. The molecule has 0 aliphatic carbocycles. The van der Waals surface area contributed by atoms with Crippen molar-refractivity contribution in [2.45, 2.75) is 13.5 Å². The van der Waals surface area contributed by atoms with E-state index in [1.165, 1.54) is 10.9 Å². The zero-order valence-electron chi connectivity index (χ0n) is 9.52. The predicted octanol–water partition coefficient (Wildman–Crippen LogP) is 2.97. The highest BCUT2D eigenvalue weighted by Crippen LogP contribution is 2.17. The Hall–Kier alpha value is -1.40. The van der Waals surface area contributed by atoms with Crippen LogP contribution in [0.3, 0.4) is 0 Å². The van der Waals surface area contributed by atoms with E-state index < -0.39 is 0 Å². The number of carbonyl (C=O) groups is 1. The van der Waals surface area contributed by atoms with Gasteiger partial charge in [-0.25, -0.2) is 4.98 Å². The van der Waals surface area contributed by atoms with Gasteiger partial charge in [-0.2, -0.15) is 5.10 Å². The molecule has 94 valence electrons. The van der Waals surface area contributed by atoms with Crippen molar-refractivity contribution in [1.29, 1.82) is 0 Å². The first-order chi connectivity index (χ1) is 8.61. The molecule has 0 aliphatic rings. The molecule has 1 amide bonds. The van der Waals surface area contributed by atoms with E-state index in [0.717, 1.165) is 4.47 Å². The minimum atomic E-state index is -0.325. The number of rotatable bonds is 3. The van der Waals surface area contributed by atoms with Crippen LogP contribution in [0.2, 0.25) is 5.02 Å². The normalized spacial score (nSPS) is 10.4. The number of amides is 1. The fourth-order valence-electron chi connectivity index (χ4n) is 1.45. The van der Waals surface area contributed by atoms with E-state index >= 15 is 0 Å². The second-order valence-corrected chi connectivity index (χ2v) is 4.80. The van der Waals surface area contributed by atoms with Gasteiger partial charge in [0, 0.05) is 17.2 Å². The number of halogens is 2. The average Bonchev–Trinajstić information content (AvgIpc) is 2.73. The first-order valence-electron chi connectivity index (χ1n) is 5.26. The van der Waals surface area contributed by atoms with Gasteiger partial charge in [-0.15, -0.1) is 0 Å². The lowest BCUT2D eigenvalue weighted by molar-refractivity contribution is 0.101. The predicted molar refractivity (Wildman–Crippen MR) is 72.8 cm³/mol.